The molecular weight excluding hydrogens is 244 g/mol. The van der Waals surface area contributed by atoms with Crippen molar-refractivity contribution >= 4 is 11.7 Å². The Bertz CT molecular complexity index is 499. The molecule has 0 aliphatic carbocycles. The quantitative estimate of drug-likeness (QED) is 0.776. The predicted octanol–water partition coefficient (Wildman–Crippen LogP) is 1.84. The standard InChI is InChI=1S/C13H20N4O2/c1-13(2,3)19-12(18)17-7-5-10(6-8-17)11-9-16(4)15-14-11/h5,9H,6-8H2,1-4H3. The van der Waals surface area contributed by atoms with E-state index in [1.165, 1.54) is 0 Å². The number of rotatable bonds is 1. The van der Waals surface area contributed by atoms with Crippen LogP contribution in [0.1, 0.15) is 32.9 Å². The van der Waals surface area contributed by atoms with E-state index in [2.05, 4.69) is 10.3 Å². The summed E-state index contributed by atoms with van der Waals surface area (Å²) in [4.78, 5) is 13.6. The topological polar surface area (TPSA) is 60.2 Å². The van der Waals surface area contributed by atoms with Gasteiger partial charge in [-0.3, -0.25) is 4.68 Å². The molecule has 0 aromatic carbocycles. The molecular formula is C13H20N4O2. The number of aromatic nitrogens is 3. The van der Waals surface area contributed by atoms with E-state index in [4.69, 9.17) is 4.74 Å². The van der Waals surface area contributed by atoms with Gasteiger partial charge in [0.15, 0.2) is 0 Å². The lowest BCUT2D eigenvalue weighted by molar-refractivity contribution is 0.0270. The smallest absolute Gasteiger partial charge is 0.410 e. The lowest BCUT2D eigenvalue weighted by Gasteiger charge is -2.29. The maximum Gasteiger partial charge on any atom is 0.410 e. The van der Waals surface area contributed by atoms with Crippen molar-refractivity contribution < 1.29 is 9.53 Å². The fraction of sp³-hybridized carbons (Fsp3) is 0.615. The second-order valence-corrected chi connectivity index (χ2v) is 5.68. The molecule has 0 bridgehead atoms. The van der Waals surface area contributed by atoms with Crippen LogP contribution >= 0.6 is 0 Å². The van der Waals surface area contributed by atoms with E-state index in [0.29, 0.717) is 13.1 Å². The van der Waals surface area contributed by atoms with Gasteiger partial charge in [-0.05, 0) is 32.8 Å². The number of aryl methyl sites for hydroxylation is 1. The molecule has 0 N–H and O–H groups in total. The van der Waals surface area contributed by atoms with Crippen molar-refractivity contribution in [1.82, 2.24) is 19.9 Å². The summed E-state index contributed by atoms with van der Waals surface area (Å²) in [5, 5.41) is 7.99. The van der Waals surface area contributed by atoms with Crippen molar-refractivity contribution in [2.75, 3.05) is 13.1 Å². The molecule has 104 valence electrons. The number of carbonyl (C=O) groups is 1. The van der Waals surface area contributed by atoms with Crippen molar-refractivity contribution in [1.29, 1.82) is 0 Å². The highest BCUT2D eigenvalue weighted by molar-refractivity contribution is 5.71. The lowest BCUT2D eigenvalue weighted by Crippen LogP contribution is -2.39. The Morgan fingerprint density at radius 3 is 2.63 bits per heavy atom. The average Bonchev–Trinajstić information content (AvgIpc) is 2.74. The van der Waals surface area contributed by atoms with Crippen LogP contribution in [0.4, 0.5) is 4.79 Å². The molecule has 19 heavy (non-hydrogen) atoms. The van der Waals surface area contributed by atoms with Crippen molar-refractivity contribution in [2.45, 2.75) is 32.8 Å². The summed E-state index contributed by atoms with van der Waals surface area (Å²) in [6.07, 6.45) is 4.41. The van der Waals surface area contributed by atoms with Gasteiger partial charge in [0.2, 0.25) is 0 Å². The molecule has 0 atom stereocenters. The molecule has 1 aromatic heterocycles. The first-order valence-electron chi connectivity index (χ1n) is 6.39. The minimum atomic E-state index is -0.452. The molecule has 2 rings (SSSR count). The normalized spacial score (nSPS) is 16.2. The molecule has 1 aliphatic rings. The zero-order chi connectivity index (χ0) is 14.0. The van der Waals surface area contributed by atoms with Crippen molar-refractivity contribution in [3.8, 4) is 0 Å². The molecule has 6 nitrogen and oxygen atoms in total. The van der Waals surface area contributed by atoms with E-state index in [1.807, 2.05) is 40.1 Å². The Labute approximate surface area is 113 Å². The largest absolute Gasteiger partial charge is 0.444 e. The molecule has 1 aromatic rings. The molecule has 0 spiro atoms. The summed E-state index contributed by atoms with van der Waals surface area (Å²) >= 11 is 0. The van der Waals surface area contributed by atoms with Crippen LogP contribution in [0.2, 0.25) is 0 Å². The van der Waals surface area contributed by atoms with E-state index < -0.39 is 5.60 Å². The molecule has 0 fully saturated rings. The van der Waals surface area contributed by atoms with E-state index in [0.717, 1.165) is 17.7 Å². The Morgan fingerprint density at radius 1 is 1.42 bits per heavy atom. The van der Waals surface area contributed by atoms with Crippen LogP contribution in [-0.4, -0.2) is 44.7 Å². The monoisotopic (exact) mass is 264 g/mol. The van der Waals surface area contributed by atoms with Crippen LogP contribution in [-0.2, 0) is 11.8 Å². The zero-order valence-corrected chi connectivity index (χ0v) is 11.9. The highest BCUT2D eigenvalue weighted by Crippen LogP contribution is 2.21. The van der Waals surface area contributed by atoms with Crippen LogP contribution in [0.15, 0.2) is 12.3 Å². The minimum Gasteiger partial charge on any atom is -0.444 e. The third-order valence-corrected chi connectivity index (χ3v) is 2.79. The molecule has 1 amide bonds. The Morgan fingerprint density at radius 2 is 2.16 bits per heavy atom. The van der Waals surface area contributed by atoms with Crippen LogP contribution in [0.25, 0.3) is 5.57 Å². The fourth-order valence-electron chi connectivity index (χ4n) is 1.89. The van der Waals surface area contributed by atoms with E-state index in [1.54, 1.807) is 9.58 Å². The molecule has 0 radical (unpaired) electrons. The molecule has 2 heterocycles. The number of nitrogens with zero attached hydrogens (tertiary/aromatic N) is 4. The van der Waals surface area contributed by atoms with Crippen molar-refractivity contribution in [3.63, 3.8) is 0 Å². The third-order valence-electron chi connectivity index (χ3n) is 2.79. The van der Waals surface area contributed by atoms with Crippen molar-refractivity contribution in [2.24, 2.45) is 7.05 Å². The Hall–Kier alpha value is -1.85. The first-order chi connectivity index (χ1) is 8.85. The van der Waals surface area contributed by atoms with Gasteiger partial charge in [0, 0.05) is 20.1 Å². The molecule has 0 unspecified atom stereocenters. The first kappa shape index (κ1) is 13.6. The van der Waals surface area contributed by atoms with Crippen LogP contribution in [0, 0.1) is 0 Å². The van der Waals surface area contributed by atoms with Crippen LogP contribution in [0.3, 0.4) is 0 Å². The predicted molar refractivity (Wildman–Crippen MR) is 71.4 cm³/mol. The number of hydrogen-bond donors (Lipinski definition) is 0. The van der Waals surface area contributed by atoms with Crippen molar-refractivity contribution in [3.05, 3.63) is 18.0 Å². The Kier molecular flexibility index (Phi) is 3.59. The molecule has 0 saturated heterocycles. The first-order valence-corrected chi connectivity index (χ1v) is 6.39. The minimum absolute atomic E-state index is 0.262. The van der Waals surface area contributed by atoms with Crippen LogP contribution in [0.5, 0.6) is 0 Å². The zero-order valence-electron chi connectivity index (χ0n) is 11.9. The highest BCUT2D eigenvalue weighted by atomic mass is 16.6. The number of hydrogen-bond acceptors (Lipinski definition) is 4. The van der Waals surface area contributed by atoms with Gasteiger partial charge >= 0.3 is 6.09 Å². The highest BCUT2D eigenvalue weighted by Gasteiger charge is 2.24. The average molecular weight is 264 g/mol. The van der Waals surface area contributed by atoms with Gasteiger partial charge in [-0.1, -0.05) is 11.3 Å². The van der Waals surface area contributed by atoms with Gasteiger partial charge in [0.05, 0.1) is 6.20 Å². The van der Waals surface area contributed by atoms with Gasteiger partial charge in [-0.2, -0.15) is 0 Å². The second kappa shape index (κ2) is 5.03. The number of amides is 1. The third kappa shape index (κ3) is 3.56. The molecule has 6 heteroatoms. The van der Waals surface area contributed by atoms with E-state index in [-0.39, 0.29) is 6.09 Å². The number of ether oxygens (including phenoxy) is 1. The second-order valence-electron chi connectivity index (χ2n) is 5.68. The Balaban J connectivity index is 1.98. The summed E-state index contributed by atoms with van der Waals surface area (Å²) < 4.78 is 7.02. The molecule has 1 aliphatic heterocycles. The summed E-state index contributed by atoms with van der Waals surface area (Å²) in [5.41, 5.74) is 1.56. The van der Waals surface area contributed by atoms with Gasteiger partial charge in [0.1, 0.15) is 11.3 Å². The van der Waals surface area contributed by atoms with Gasteiger partial charge in [0.25, 0.3) is 0 Å². The summed E-state index contributed by atoms with van der Waals surface area (Å²) in [5.74, 6) is 0. The SMILES string of the molecule is Cn1cc(C2=CCN(C(=O)OC(C)(C)C)CC2)nn1. The summed E-state index contributed by atoms with van der Waals surface area (Å²) in [7, 11) is 1.84. The lowest BCUT2D eigenvalue weighted by atomic mass is 10.1. The molecule has 0 saturated carbocycles. The maximum atomic E-state index is 11.9. The van der Waals surface area contributed by atoms with Gasteiger partial charge < -0.3 is 9.64 Å². The van der Waals surface area contributed by atoms with Gasteiger partial charge in [-0.15, -0.1) is 5.10 Å². The van der Waals surface area contributed by atoms with Gasteiger partial charge in [-0.25, -0.2) is 4.79 Å². The summed E-state index contributed by atoms with van der Waals surface area (Å²) in [6, 6.07) is 0. The fourth-order valence-corrected chi connectivity index (χ4v) is 1.89. The van der Waals surface area contributed by atoms with E-state index >= 15 is 0 Å². The van der Waals surface area contributed by atoms with E-state index in [9.17, 15) is 4.79 Å². The number of carbonyl (C=O) groups excluding carboxylic acids is 1. The maximum absolute atomic E-state index is 11.9. The van der Waals surface area contributed by atoms with Crippen LogP contribution < -0.4 is 0 Å². The summed E-state index contributed by atoms with van der Waals surface area (Å²) in [6.45, 7) is 6.82.